The summed E-state index contributed by atoms with van der Waals surface area (Å²) >= 11 is 0. The van der Waals surface area contributed by atoms with E-state index in [9.17, 15) is 8.42 Å². The number of likely N-dealkylation sites (tertiary alicyclic amines) is 1. The number of nitrogens with zero attached hydrogens (tertiary/aromatic N) is 1. The van der Waals surface area contributed by atoms with Crippen LogP contribution in [0.5, 0.6) is 0 Å². The van der Waals surface area contributed by atoms with Gasteiger partial charge in [0.2, 0.25) is 10.0 Å². The molecule has 0 bridgehead atoms. The summed E-state index contributed by atoms with van der Waals surface area (Å²) in [6, 6.07) is 2.00. The minimum Gasteiger partial charge on any atom is -0.472 e. The van der Waals surface area contributed by atoms with Gasteiger partial charge in [-0.15, -0.1) is 0 Å². The van der Waals surface area contributed by atoms with E-state index in [-0.39, 0.29) is 16.9 Å². The Morgan fingerprint density at radius 2 is 2.22 bits per heavy atom. The first-order valence-corrected chi connectivity index (χ1v) is 9.98. The van der Waals surface area contributed by atoms with Crippen molar-refractivity contribution in [3.05, 3.63) is 24.2 Å². The molecule has 1 N–H and O–H groups in total. The van der Waals surface area contributed by atoms with Crippen molar-refractivity contribution >= 4 is 10.0 Å². The molecule has 1 saturated carbocycles. The standard InChI is InChI=1S/C16H24N2O4S/c19-23(20,15-1-2-15)17-14-4-8-22-16(9-14)5-6-18(12-16)10-13-3-7-21-11-13/h3,7,11,14-15,17H,1-2,4-6,8-10,12H2/t14-,16+/m0/s1. The van der Waals surface area contributed by atoms with Crippen molar-refractivity contribution in [1.82, 2.24) is 9.62 Å². The Bertz CT molecular complexity index is 641. The fourth-order valence-electron chi connectivity index (χ4n) is 3.82. The molecule has 23 heavy (non-hydrogen) atoms. The first-order valence-electron chi connectivity index (χ1n) is 8.43. The fourth-order valence-corrected chi connectivity index (χ4v) is 5.44. The Balaban J connectivity index is 1.37. The van der Waals surface area contributed by atoms with E-state index in [1.807, 2.05) is 6.07 Å². The molecule has 2 aliphatic heterocycles. The molecule has 3 heterocycles. The molecule has 1 spiro atoms. The van der Waals surface area contributed by atoms with Gasteiger partial charge in [-0.05, 0) is 38.2 Å². The third-order valence-electron chi connectivity index (χ3n) is 5.17. The van der Waals surface area contributed by atoms with Gasteiger partial charge in [0.05, 0.1) is 23.4 Å². The van der Waals surface area contributed by atoms with Gasteiger partial charge >= 0.3 is 0 Å². The summed E-state index contributed by atoms with van der Waals surface area (Å²) in [5.74, 6) is 0. The topological polar surface area (TPSA) is 71.8 Å². The summed E-state index contributed by atoms with van der Waals surface area (Å²) in [4.78, 5) is 2.36. The van der Waals surface area contributed by atoms with Crippen molar-refractivity contribution in [2.45, 2.75) is 55.5 Å². The predicted octanol–water partition coefficient (Wildman–Crippen LogP) is 1.48. The van der Waals surface area contributed by atoms with Crippen LogP contribution in [0.1, 0.15) is 37.7 Å². The molecule has 128 valence electrons. The molecule has 1 aliphatic carbocycles. The molecule has 1 aromatic rings. The zero-order valence-corrected chi connectivity index (χ0v) is 14.1. The van der Waals surface area contributed by atoms with Gasteiger partial charge in [0.15, 0.2) is 0 Å². The lowest BCUT2D eigenvalue weighted by Gasteiger charge is -2.38. The Kier molecular flexibility index (Phi) is 3.99. The van der Waals surface area contributed by atoms with Crippen LogP contribution in [0.2, 0.25) is 0 Å². The summed E-state index contributed by atoms with van der Waals surface area (Å²) in [6.07, 6.45) is 7.60. The molecule has 6 nitrogen and oxygen atoms in total. The van der Waals surface area contributed by atoms with Crippen molar-refractivity contribution < 1.29 is 17.6 Å². The number of nitrogens with one attached hydrogen (secondary N) is 1. The third kappa shape index (κ3) is 3.47. The molecule has 1 aromatic heterocycles. The number of ether oxygens (including phenoxy) is 1. The lowest BCUT2D eigenvalue weighted by Crippen LogP contribution is -2.50. The quantitative estimate of drug-likeness (QED) is 0.879. The molecule has 0 unspecified atom stereocenters. The van der Waals surface area contributed by atoms with Gasteiger partial charge in [0, 0.05) is 37.8 Å². The average molecular weight is 340 g/mol. The predicted molar refractivity (Wildman–Crippen MR) is 85.4 cm³/mol. The van der Waals surface area contributed by atoms with Crippen LogP contribution in [-0.4, -0.2) is 49.9 Å². The molecule has 0 amide bonds. The zero-order valence-electron chi connectivity index (χ0n) is 13.2. The van der Waals surface area contributed by atoms with Crippen molar-refractivity contribution in [1.29, 1.82) is 0 Å². The van der Waals surface area contributed by atoms with Gasteiger partial charge < -0.3 is 9.15 Å². The van der Waals surface area contributed by atoms with Crippen molar-refractivity contribution in [2.75, 3.05) is 19.7 Å². The molecule has 0 aromatic carbocycles. The normalized spacial score (nSPS) is 32.6. The van der Waals surface area contributed by atoms with E-state index in [1.165, 1.54) is 5.56 Å². The summed E-state index contributed by atoms with van der Waals surface area (Å²) in [7, 11) is -3.12. The van der Waals surface area contributed by atoms with E-state index in [0.717, 1.165) is 51.7 Å². The van der Waals surface area contributed by atoms with Gasteiger partial charge in [-0.2, -0.15) is 0 Å². The highest BCUT2D eigenvalue weighted by molar-refractivity contribution is 7.90. The first-order chi connectivity index (χ1) is 11.0. The largest absolute Gasteiger partial charge is 0.472 e. The zero-order chi connectivity index (χ0) is 15.9. The van der Waals surface area contributed by atoms with Crippen molar-refractivity contribution in [3.63, 3.8) is 0 Å². The maximum Gasteiger partial charge on any atom is 0.214 e. The lowest BCUT2D eigenvalue weighted by molar-refractivity contribution is -0.0779. The van der Waals surface area contributed by atoms with Crippen molar-refractivity contribution in [3.8, 4) is 0 Å². The number of rotatable bonds is 5. The molecular formula is C16H24N2O4S. The minimum absolute atomic E-state index is 0.0169. The van der Waals surface area contributed by atoms with Crippen LogP contribution in [0.4, 0.5) is 0 Å². The molecule has 3 fully saturated rings. The van der Waals surface area contributed by atoms with E-state index in [1.54, 1.807) is 12.5 Å². The maximum atomic E-state index is 12.2. The van der Waals surface area contributed by atoms with Gasteiger partial charge in [-0.25, -0.2) is 13.1 Å². The SMILES string of the molecule is O=S(=O)(N[C@H]1CCO[C@]2(CCN(Cc3ccoc3)C2)C1)C1CC1. The van der Waals surface area contributed by atoms with Gasteiger partial charge in [-0.1, -0.05) is 0 Å². The van der Waals surface area contributed by atoms with Gasteiger partial charge in [-0.3, -0.25) is 4.90 Å². The molecule has 3 aliphatic rings. The van der Waals surface area contributed by atoms with Crippen LogP contribution in [-0.2, 0) is 21.3 Å². The molecule has 7 heteroatoms. The second-order valence-electron chi connectivity index (χ2n) is 7.18. The lowest BCUT2D eigenvalue weighted by atomic mass is 9.90. The van der Waals surface area contributed by atoms with Crippen LogP contribution in [0, 0.1) is 0 Å². The van der Waals surface area contributed by atoms with Crippen LogP contribution < -0.4 is 4.72 Å². The number of sulfonamides is 1. The van der Waals surface area contributed by atoms with Crippen LogP contribution in [0.25, 0.3) is 0 Å². The molecule has 4 rings (SSSR count). The Hall–Kier alpha value is -0.890. The summed E-state index contributed by atoms with van der Waals surface area (Å²) < 4.78 is 38.5. The highest BCUT2D eigenvalue weighted by atomic mass is 32.2. The van der Waals surface area contributed by atoms with E-state index in [2.05, 4.69) is 9.62 Å². The Labute approximate surface area is 137 Å². The second kappa shape index (κ2) is 5.88. The highest BCUT2D eigenvalue weighted by Gasteiger charge is 2.45. The van der Waals surface area contributed by atoms with E-state index in [4.69, 9.17) is 9.15 Å². The van der Waals surface area contributed by atoms with Gasteiger partial charge in [0.25, 0.3) is 0 Å². The van der Waals surface area contributed by atoms with E-state index < -0.39 is 10.0 Å². The fraction of sp³-hybridized carbons (Fsp3) is 0.750. The number of hydrogen-bond acceptors (Lipinski definition) is 5. The number of hydrogen-bond donors (Lipinski definition) is 1. The molecule has 2 saturated heterocycles. The van der Waals surface area contributed by atoms with Crippen molar-refractivity contribution in [2.24, 2.45) is 0 Å². The van der Waals surface area contributed by atoms with Crippen LogP contribution in [0.15, 0.2) is 23.0 Å². The molecular weight excluding hydrogens is 316 g/mol. The third-order valence-corrected chi connectivity index (χ3v) is 7.18. The maximum absolute atomic E-state index is 12.2. The smallest absolute Gasteiger partial charge is 0.214 e. The van der Waals surface area contributed by atoms with Crippen LogP contribution >= 0.6 is 0 Å². The van der Waals surface area contributed by atoms with E-state index >= 15 is 0 Å². The summed E-state index contributed by atoms with van der Waals surface area (Å²) in [5, 5.41) is -0.150. The molecule has 2 atom stereocenters. The van der Waals surface area contributed by atoms with Crippen LogP contribution in [0.3, 0.4) is 0 Å². The Morgan fingerprint density at radius 1 is 1.35 bits per heavy atom. The average Bonchev–Trinajstić information content (AvgIpc) is 3.15. The minimum atomic E-state index is -3.12. The van der Waals surface area contributed by atoms with Gasteiger partial charge in [0.1, 0.15) is 0 Å². The second-order valence-corrected chi connectivity index (χ2v) is 9.17. The highest BCUT2D eigenvalue weighted by Crippen LogP contribution is 2.36. The monoisotopic (exact) mass is 340 g/mol. The summed E-state index contributed by atoms with van der Waals surface area (Å²) in [6.45, 7) is 3.34. The summed E-state index contributed by atoms with van der Waals surface area (Å²) in [5.41, 5.74) is 0.975. The Morgan fingerprint density at radius 3 is 2.96 bits per heavy atom. The van der Waals surface area contributed by atoms with E-state index in [0.29, 0.717) is 6.61 Å². The molecule has 0 radical (unpaired) electrons. The first kappa shape index (κ1) is 15.6. The number of furan rings is 1.